The van der Waals surface area contributed by atoms with Gasteiger partial charge in [0.2, 0.25) is 0 Å². The smallest absolute Gasteiger partial charge is 0.134 e. The highest BCUT2D eigenvalue weighted by Crippen LogP contribution is 2.30. The fraction of sp³-hybridized carbons (Fsp3) is 0.556. The van der Waals surface area contributed by atoms with Gasteiger partial charge in [0.15, 0.2) is 0 Å². The summed E-state index contributed by atoms with van der Waals surface area (Å²) < 4.78 is 6.05. The third-order valence-electron chi connectivity index (χ3n) is 4.14. The van der Waals surface area contributed by atoms with Crippen molar-refractivity contribution in [2.75, 3.05) is 6.54 Å². The van der Waals surface area contributed by atoms with E-state index in [4.69, 9.17) is 4.42 Å². The Morgan fingerprint density at radius 2 is 1.85 bits per heavy atom. The van der Waals surface area contributed by atoms with Crippen LogP contribution in [0.2, 0.25) is 0 Å². The summed E-state index contributed by atoms with van der Waals surface area (Å²) in [5, 5.41) is 4.74. The highest BCUT2D eigenvalue weighted by Gasteiger charge is 2.19. The fourth-order valence-electron chi connectivity index (χ4n) is 2.66. The van der Waals surface area contributed by atoms with Crippen LogP contribution in [0.1, 0.15) is 64.3 Å². The summed E-state index contributed by atoms with van der Waals surface area (Å²) >= 11 is 0. The van der Waals surface area contributed by atoms with Crippen LogP contribution in [-0.4, -0.2) is 6.54 Å². The summed E-state index contributed by atoms with van der Waals surface area (Å²) in [5.41, 5.74) is 2.40. The SMILES string of the molecule is CCNC(c1cc2cc(C(C)CC)ccc2o1)C(C)C. The number of fused-ring (bicyclic) bond motifs is 1. The summed E-state index contributed by atoms with van der Waals surface area (Å²) in [6, 6.07) is 9.08. The molecule has 2 atom stereocenters. The normalized spacial score (nSPS) is 14.9. The second-order valence-electron chi connectivity index (χ2n) is 6.03. The molecule has 0 aliphatic heterocycles. The van der Waals surface area contributed by atoms with Gasteiger partial charge in [-0.3, -0.25) is 0 Å². The Kier molecular flexibility index (Phi) is 4.87. The number of nitrogens with one attached hydrogen (secondary N) is 1. The van der Waals surface area contributed by atoms with Crippen molar-refractivity contribution in [3.05, 3.63) is 35.6 Å². The molecule has 0 amide bonds. The first kappa shape index (κ1) is 15.1. The zero-order chi connectivity index (χ0) is 14.7. The van der Waals surface area contributed by atoms with Crippen LogP contribution in [0, 0.1) is 5.92 Å². The van der Waals surface area contributed by atoms with Crippen molar-refractivity contribution in [2.24, 2.45) is 5.92 Å². The van der Waals surface area contributed by atoms with E-state index in [0.29, 0.717) is 17.9 Å². The Balaban J connectivity index is 2.37. The van der Waals surface area contributed by atoms with Gasteiger partial charge in [-0.05, 0) is 48.6 Å². The van der Waals surface area contributed by atoms with Crippen molar-refractivity contribution >= 4 is 11.0 Å². The molecule has 20 heavy (non-hydrogen) atoms. The van der Waals surface area contributed by atoms with E-state index < -0.39 is 0 Å². The summed E-state index contributed by atoms with van der Waals surface area (Å²) in [6.45, 7) is 12.1. The topological polar surface area (TPSA) is 25.2 Å². The number of benzene rings is 1. The molecular formula is C18H27NO. The van der Waals surface area contributed by atoms with Crippen LogP contribution in [0.25, 0.3) is 11.0 Å². The first-order valence-corrected chi connectivity index (χ1v) is 7.83. The zero-order valence-electron chi connectivity index (χ0n) is 13.4. The summed E-state index contributed by atoms with van der Waals surface area (Å²) in [6.07, 6.45) is 1.17. The van der Waals surface area contributed by atoms with Crippen LogP contribution in [0.5, 0.6) is 0 Å². The quantitative estimate of drug-likeness (QED) is 0.777. The van der Waals surface area contributed by atoms with E-state index in [1.165, 1.54) is 17.4 Å². The first-order valence-electron chi connectivity index (χ1n) is 7.83. The molecule has 1 N–H and O–H groups in total. The van der Waals surface area contributed by atoms with Gasteiger partial charge >= 0.3 is 0 Å². The highest BCUT2D eigenvalue weighted by molar-refractivity contribution is 5.79. The Morgan fingerprint density at radius 1 is 1.10 bits per heavy atom. The highest BCUT2D eigenvalue weighted by atomic mass is 16.3. The predicted molar refractivity (Wildman–Crippen MR) is 86.2 cm³/mol. The van der Waals surface area contributed by atoms with Crippen molar-refractivity contribution in [1.82, 2.24) is 5.32 Å². The van der Waals surface area contributed by atoms with Gasteiger partial charge in [0.1, 0.15) is 11.3 Å². The number of hydrogen-bond acceptors (Lipinski definition) is 2. The molecule has 0 spiro atoms. The third-order valence-corrected chi connectivity index (χ3v) is 4.14. The molecular weight excluding hydrogens is 246 g/mol. The van der Waals surface area contributed by atoms with Gasteiger partial charge < -0.3 is 9.73 Å². The minimum absolute atomic E-state index is 0.291. The van der Waals surface area contributed by atoms with Crippen molar-refractivity contribution in [1.29, 1.82) is 0 Å². The van der Waals surface area contributed by atoms with Crippen LogP contribution in [0.15, 0.2) is 28.7 Å². The lowest BCUT2D eigenvalue weighted by Gasteiger charge is -2.18. The van der Waals surface area contributed by atoms with Crippen molar-refractivity contribution in [3.63, 3.8) is 0 Å². The van der Waals surface area contributed by atoms with Crippen LogP contribution < -0.4 is 5.32 Å². The molecule has 0 aliphatic rings. The Morgan fingerprint density at radius 3 is 2.45 bits per heavy atom. The molecule has 2 rings (SSSR count). The average molecular weight is 273 g/mol. The molecule has 0 fully saturated rings. The minimum Gasteiger partial charge on any atom is -0.459 e. The molecule has 1 aromatic heterocycles. The Hall–Kier alpha value is -1.28. The maximum absolute atomic E-state index is 6.05. The van der Waals surface area contributed by atoms with Crippen molar-refractivity contribution in [2.45, 2.75) is 53.0 Å². The lowest BCUT2D eigenvalue weighted by atomic mass is 9.97. The molecule has 0 radical (unpaired) electrons. The van der Waals surface area contributed by atoms with Gasteiger partial charge in [0, 0.05) is 5.39 Å². The molecule has 0 bridgehead atoms. The standard InChI is InChI=1S/C18H27NO/c1-6-13(5)14-8-9-16-15(10-14)11-17(20-16)18(12(3)4)19-7-2/h8-13,18-19H,6-7H2,1-5H3. The zero-order valence-corrected chi connectivity index (χ0v) is 13.4. The van der Waals surface area contributed by atoms with Crippen LogP contribution >= 0.6 is 0 Å². The number of furan rings is 1. The van der Waals surface area contributed by atoms with Crippen LogP contribution in [0.3, 0.4) is 0 Å². The van der Waals surface area contributed by atoms with Gasteiger partial charge in [0.05, 0.1) is 6.04 Å². The van der Waals surface area contributed by atoms with Crippen LogP contribution in [-0.2, 0) is 0 Å². The fourth-order valence-corrected chi connectivity index (χ4v) is 2.66. The van der Waals surface area contributed by atoms with Crippen LogP contribution in [0.4, 0.5) is 0 Å². The summed E-state index contributed by atoms with van der Waals surface area (Å²) in [5.74, 6) is 2.18. The molecule has 1 heterocycles. The number of hydrogen-bond donors (Lipinski definition) is 1. The van der Waals surface area contributed by atoms with E-state index in [-0.39, 0.29) is 0 Å². The van der Waals surface area contributed by atoms with E-state index in [1.54, 1.807) is 0 Å². The predicted octanol–water partition coefficient (Wildman–Crippen LogP) is 5.25. The molecule has 0 aliphatic carbocycles. The maximum Gasteiger partial charge on any atom is 0.134 e. The average Bonchev–Trinajstić information content (AvgIpc) is 2.85. The summed E-state index contributed by atoms with van der Waals surface area (Å²) in [7, 11) is 0. The molecule has 2 heteroatoms. The molecule has 0 saturated heterocycles. The van der Waals surface area contributed by atoms with Gasteiger partial charge in [-0.1, -0.05) is 40.7 Å². The second-order valence-corrected chi connectivity index (χ2v) is 6.03. The second kappa shape index (κ2) is 6.45. The monoisotopic (exact) mass is 273 g/mol. The lowest BCUT2D eigenvalue weighted by Crippen LogP contribution is -2.24. The first-order chi connectivity index (χ1) is 9.56. The molecule has 0 saturated carbocycles. The number of rotatable bonds is 6. The van der Waals surface area contributed by atoms with E-state index in [0.717, 1.165) is 17.9 Å². The largest absolute Gasteiger partial charge is 0.459 e. The summed E-state index contributed by atoms with van der Waals surface area (Å²) in [4.78, 5) is 0. The van der Waals surface area contributed by atoms with Crippen molar-refractivity contribution in [3.8, 4) is 0 Å². The third kappa shape index (κ3) is 3.06. The van der Waals surface area contributed by atoms with E-state index in [9.17, 15) is 0 Å². The molecule has 2 nitrogen and oxygen atoms in total. The van der Waals surface area contributed by atoms with Gasteiger partial charge in [-0.25, -0.2) is 0 Å². The van der Waals surface area contributed by atoms with E-state index in [1.807, 2.05) is 0 Å². The lowest BCUT2D eigenvalue weighted by molar-refractivity contribution is 0.357. The van der Waals surface area contributed by atoms with E-state index >= 15 is 0 Å². The molecule has 2 aromatic rings. The Labute approximate surface area is 122 Å². The molecule has 1 aromatic carbocycles. The minimum atomic E-state index is 0.291. The molecule has 2 unspecified atom stereocenters. The molecule has 110 valence electrons. The Bertz CT molecular complexity index is 556. The van der Waals surface area contributed by atoms with Gasteiger partial charge in [-0.15, -0.1) is 0 Å². The van der Waals surface area contributed by atoms with Gasteiger partial charge in [0.25, 0.3) is 0 Å². The maximum atomic E-state index is 6.05. The van der Waals surface area contributed by atoms with Gasteiger partial charge in [-0.2, -0.15) is 0 Å². The van der Waals surface area contributed by atoms with E-state index in [2.05, 4.69) is 64.2 Å². The van der Waals surface area contributed by atoms with Crippen molar-refractivity contribution < 1.29 is 4.42 Å².